The number of hydrogen-bond donors (Lipinski definition) is 2. The smallest absolute Gasteiger partial charge is 0.273 e. The van der Waals surface area contributed by atoms with E-state index in [1.54, 1.807) is 6.20 Å². The fraction of sp³-hybridized carbons (Fsp3) is 0.560. The highest BCUT2D eigenvalue weighted by Crippen LogP contribution is 2.61. The Kier molecular flexibility index (Phi) is 5.32. The van der Waals surface area contributed by atoms with Crippen LogP contribution in [0, 0.1) is 23.2 Å². The van der Waals surface area contributed by atoms with Crippen molar-refractivity contribution < 1.29 is 9.59 Å². The summed E-state index contributed by atoms with van der Waals surface area (Å²) in [7, 11) is 0. The van der Waals surface area contributed by atoms with Gasteiger partial charge in [-0.25, -0.2) is 0 Å². The summed E-state index contributed by atoms with van der Waals surface area (Å²) in [5.74, 6) is 2.09. The van der Waals surface area contributed by atoms with E-state index < -0.39 is 0 Å². The van der Waals surface area contributed by atoms with E-state index in [0.29, 0.717) is 24.9 Å². The largest absolute Gasteiger partial charge is 0.273 e. The van der Waals surface area contributed by atoms with E-state index in [2.05, 4.69) is 16.0 Å². The third-order valence-corrected chi connectivity index (χ3v) is 7.72. The minimum absolute atomic E-state index is 0.0648. The van der Waals surface area contributed by atoms with E-state index in [0.717, 1.165) is 29.0 Å². The van der Waals surface area contributed by atoms with Crippen LogP contribution in [-0.2, 0) is 17.8 Å². The van der Waals surface area contributed by atoms with Gasteiger partial charge in [-0.1, -0.05) is 37.3 Å². The molecule has 0 radical (unpaired) electrons. The van der Waals surface area contributed by atoms with Crippen molar-refractivity contribution in [3.8, 4) is 0 Å². The van der Waals surface area contributed by atoms with Crippen LogP contribution in [0.3, 0.4) is 0 Å². The van der Waals surface area contributed by atoms with Crippen molar-refractivity contribution in [1.29, 1.82) is 0 Å². The topological polar surface area (TPSA) is 76.0 Å². The van der Waals surface area contributed by atoms with Crippen LogP contribution in [0.25, 0.3) is 0 Å². The maximum absolute atomic E-state index is 12.8. The third kappa shape index (κ3) is 4.12. The Hall–Kier alpha value is -2.63. The van der Waals surface area contributed by atoms with Gasteiger partial charge in [-0.15, -0.1) is 0 Å². The number of hydrazine groups is 1. The second kappa shape index (κ2) is 8.13. The molecule has 1 aromatic carbocycles. The first kappa shape index (κ1) is 20.3. The molecule has 0 aliphatic heterocycles. The highest BCUT2D eigenvalue weighted by atomic mass is 16.2. The Morgan fingerprint density at radius 3 is 2.29 bits per heavy atom. The van der Waals surface area contributed by atoms with E-state index in [1.807, 2.05) is 41.9 Å². The lowest BCUT2D eigenvalue weighted by Crippen LogP contribution is -2.50. The molecule has 4 saturated carbocycles. The number of nitrogens with one attached hydrogen (secondary N) is 2. The molecule has 4 bridgehead atoms. The number of rotatable bonds is 6. The molecule has 0 atom stereocenters. The highest BCUT2D eigenvalue weighted by molar-refractivity contribution is 5.96. The van der Waals surface area contributed by atoms with Gasteiger partial charge in [0.1, 0.15) is 0 Å². The monoisotopic (exact) mass is 420 g/mol. The van der Waals surface area contributed by atoms with Gasteiger partial charge >= 0.3 is 0 Å². The minimum Gasteiger partial charge on any atom is -0.273 e. The van der Waals surface area contributed by atoms with Gasteiger partial charge in [0, 0.05) is 6.42 Å². The Balaban J connectivity index is 1.19. The first-order chi connectivity index (χ1) is 15.0. The molecule has 4 aliphatic rings. The highest BCUT2D eigenvalue weighted by Gasteiger charge is 2.51. The lowest BCUT2D eigenvalue weighted by atomic mass is 9.49. The van der Waals surface area contributed by atoms with Crippen molar-refractivity contribution in [3.63, 3.8) is 0 Å². The van der Waals surface area contributed by atoms with Gasteiger partial charge in [0.05, 0.1) is 24.0 Å². The predicted molar refractivity (Wildman–Crippen MR) is 118 cm³/mol. The van der Waals surface area contributed by atoms with Crippen molar-refractivity contribution >= 4 is 11.8 Å². The van der Waals surface area contributed by atoms with Gasteiger partial charge in [-0.2, -0.15) is 5.10 Å². The van der Waals surface area contributed by atoms with Crippen molar-refractivity contribution in [2.24, 2.45) is 23.2 Å². The molecule has 4 aliphatic carbocycles. The number of aromatic nitrogens is 2. The lowest BCUT2D eigenvalue weighted by molar-refractivity contribution is -0.130. The molecule has 2 N–H and O–H groups in total. The molecule has 164 valence electrons. The summed E-state index contributed by atoms with van der Waals surface area (Å²) < 4.78 is 1.86. The number of carbonyl (C=O) groups excluding carboxylic acids is 2. The van der Waals surface area contributed by atoms with Gasteiger partial charge in [-0.3, -0.25) is 25.1 Å². The number of carbonyl (C=O) groups is 2. The number of nitrogens with zero attached hydrogens (tertiary/aromatic N) is 2. The molecule has 0 unspecified atom stereocenters. The number of benzene rings is 1. The van der Waals surface area contributed by atoms with Crippen molar-refractivity contribution in [1.82, 2.24) is 20.6 Å². The molecule has 1 heterocycles. The zero-order valence-electron chi connectivity index (χ0n) is 18.3. The van der Waals surface area contributed by atoms with Crippen LogP contribution < -0.4 is 10.9 Å². The van der Waals surface area contributed by atoms with Crippen LogP contribution in [-0.4, -0.2) is 21.6 Å². The van der Waals surface area contributed by atoms with Crippen LogP contribution in [0.1, 0.15) is 73.5 Å². The van der Waals surface area contributed by atoms with E-state index >= 15 is 0 Å². The van der Waals surface area contributed by atoms with Crippen LogP contribution in [0.15, 0.2) is 36.5 Å². The Morgan fingerprint density at radius 2 is 1.68 bits per heavy atom. The normalized spacial score (nSPS) is 28.5. The molecule has 0 spiro atoms. The third-order valence-electron chi connectivity index (χ3n) is 7.72. The molecular formula is C25H32N4O2. The average Bonchev–Trinajstić information content (AvgIpc) is 3.14. The SMILES string of the molecule is CCc1c(C(=O)NNC(=O)CC23CC4CC(CC(C4)C2)C3)cnn1Cc1ccccc1. The summed E-state index contributed by atoms with van der Waals surface area (Å²) in [4.78, 5) is 25.5. The molecule has 6 nitrogen and oxygen atoms in total. The van der Waals surface area contributed by atoms with E-state index in [9.17, 15) is 9.59 Å². The van der Waals surface area contributed by atoms with Crippen LogP contribution in [0.5, 0.6) is 0 Å². The Morgan fingerprint density at radius 1 is 1.03 bits per heavy atom. The standard InChI is InChI=1S/C25H32N4O2/c1-2-22-21(15-26-29(22)16-17-6-4-3-5-7-17)24(31)28-27-23(30)14-25-11-18-8-19(12-25)10-20(9-18)13-25/h3-7,15,18-20H,2,8-14,16H2,1H3,(H,27,30)(H,28,31). The second-order valence-corrected chi connectivity index (χ2v) is 10.1. The van der Waals surface area contributed by atoms with Gasteiger partial charge < -0.3 is 0 Å². The van der Waals surface area contributed by atoms with Gasteiger partial charge in [0.15, 0.2) is 0 Å². The maximum Gasteiger partial charge on any atom is 0.273 e. The maximum atomic E-state index is 12.8. The summed E-state index contributed by atoms with van der Waals surface area (Å²) in [5.41, 5.74) is 8.03. The fourth-order valence-corrected chi connectivity index (χ4v) is 6.95. The zero-order chi connectivity index (χ0) is 21.4. The van der Waals surface area contributed by atoms with Crippen LogP contribution in [0.2, 0.25) is 0 Å². The summed E-state index contributed by atoms with van der Waals surface area (Å²) in [6.07, 6.45) is 10.5. The zero-order valence-corrected chi connectivity index (χ0v) is 18.3. The van der Waals surface area contributed by atoms with Crippen LogP contribution >= 0.6 is 0 Å². The van der Waals surface area contributed by atoms with Crippen LogP contribution in [0.4, 0.5) is 0 Å². The molecule has 6 rings (SSSR count). The summed E-state index contributed by atoms with van der Waals surface area (Å²) in [5, 5.41) is 4.42. The summed E-state index contributed by atoms with van der Waals surface area (Å²) in [6.45, 7) is 2.64. The van der Waals surface area contributed by atoms with Crippen molar-refractivity contribution in [2.45, 2.75) is 64.8 Å². The first-order valence-electron chi connectivity index (χ1n) is 11.7. The second-order valence-electron chi connectivity index (χ2n) is 10.1. The van der Waals surface area contributed by atoms with Gasteiger partial charge in [0.2, 0.25) is 5.91 Å². The summed E-state index contributed by atoms with van der Waals surface area (Å²) >= 11 is 0. The number of amides is 2. The predicted octanol–water partition coefficient (Wildman–Crippen LogP) is 3.86. The molecule has 31 heavy (non-hydrogen) atoms. The minimum atomic E-state index is -0.296. The molecule has 2 amide bonds. The Bertz CT molecular complexity index is 930. The van der Waals surface area contributed by atoms with E-state index in [4.69, 9.17) is 0 Å². The first-order valence-corrected chi connectivity index (χ1v) is 11.7. The average molecular weight is 421 g/mol. The van der Waals surface area contributed by atoms with E-state index in [1.165, 1.54) is 38.5 Å². The van der Waals surface area contributed by atoms with Crippen molar-refractivity contribution in [2.75, 3.05) is 0 Å². The summed E-state index contributed by atoms with van der Waals surface area (Å²) in [6, 6.07) is 10.1. The molecule has 6 heteroatoms. The van der Waals surface area contributed by atoms with Crippen molar-refractivity contribution in [3.05, 3.63) is 53.3 Å². The van der Waals surface area contributed by atoms with Gasteiger partial charge in [-0.05, 0) is 73.7 Å². The molecule has 0 saturated heterocycles. The van der Waals surface area contributed by atoms with E-state index in [-0.39, 0.29) is 17.2 Å². The molecule has 4 fully saturated rings. The lowest BCUT2D eigenvalue weighted by Gasteiger charge is -2.56. The quantitative estimate of drug-likeness (QED) is 0.697. The fourth-order valence-electron chi connectivity index (χ4n) is 6.95. The Labute approximate surface area is 183 Å². The molecule has 2 aromatic rings. The molecular weight excluding hydrogens is 388 g/mol. The van der Waals surface area contributed by atoms with Gasteiger partial charge in [0.25, 0.3) is 5.91 Å². The molecule has 1 aromatic heterocycles. The number of hydrogen-bond acceptors (Lipinski definition) is 3.